The van der Waals surface area contributed by atoms with E-state index in [-0.39, 0.29) is 5.97 Å². The predicted octanol–water partition coefficient (Wildman–Crippen LogP) is 1.99. The fourth-order valence-electron chi connectivity index (χ4n) is 1.22. The first kappa shape index (κ1) is 10.6. The van der Waals surface area contributed by atoms with Crippen LogP contribution < -0.4 is 9.64 Å². The van der Waals surface area contributed by atoms with E-state index in [0.717, 1.165) is 11.3 Å². The quantitative estimate of drug-likeness (QED) is 0.531. The van der Waals surface area contributed by atoms with E-state index >= 15 is 0 Å². The zero-order valence-electron chi connectivity index (χ0n) is 9.00. The number of hydrogen-bond donors (Lipinski definition) is 0. The Morgan fingerprint density at radius 2 is 2.00 bits per heavy atom. The van der Waals surface area contributed by atoms with Crippen LogP contribution in [0.1, 0.15) is 12.5 Å². The van der Waals surface area contributed by atoms with E-state index in [4.69, 9.17) is 4.74 Å². The maximum atomic E-state index is 10.8. The molecule has 14 heavy (non-hydrogen) atoms. The highest BCUT2D eigenvalue weighted by atomic mass is 16.5. The van der Waals surface area contributed by atoms with Crippen LogP contribution in [0.5, 0.6) is 5.75 Å². The van der Waals surface area contributed by atoms with Crippen molar-refractivity contribution in [2.45, 2.75) is 13.8 Å². The second-order valence-corrected chi connectivity index (χ2v) is 3.46. The normalized spacial score (nSPS) is 9.71. The predicted molar refractivity (Wildman–Crippen MR) is 56.8 cm³/mol. The van der Waals surface area contributed by atoms with Gasteiger partial charge in [-0.05, 0) is 24.6 Å². The van der Waals surface area contributed by atoms with E-state index in [9.17, 15) is 4.79 Å². The molecule has 0 amide bonds. The fraction of sp³-hybridized carbons (Fsp3) is 0.364. The van der Waals surface area contributed by atoms with Gasteiger partial charge in [0, 0.05) is 21.0 Å². The molecule has 0 N–H and O–H groups in total. The Morgan fingerprint density at radius 1 is 1.36 bits per heavy atom. The van der Waals surface area contributed by atoms with Gasteiger partial charge in [0.25, 0.3) is 0 Å². The molecule has 0 fully saturated rings. The molecular weight excluding hydrogens is 178 g/mol. The van der Waals surface area contributed by atoms with Crippen LogP contribution >= 0.6 is 0 Å². The van der Waals surface area contributed by atoms with Gasteiger partial charge in [-0.25, -0.2) is 0 Å². The van der Waals surface area contributed by atoms with Crippen molar-refractivity contribution in [1.82, 2.24) is 0 Å². The summed E-state index contributed by atoms with van der Waals surface area (Å²) in [6.45, 7) is 3.41. The Morgan fingerprint density at radius 3 is 2.50 bits per heavy atom. The molecule has 3 nitrogen and oxygen atoms in total. The monoisotopic (exact) mass is 193 g/mol. The number of hydrogen-bond acceptors (Lipinski definition) is 3. The zero-order valence-corrected chi connectivity index (χ0v) is 9.00. The minimum Gasteiger partial charge on any atom is -0.425 e. The van der Waals surface area contributed by atoms with Gasteiger partial charge < -0.3 is 9.64 Å². The lowest BCUT2D eigenvalue weighted by Crippen LogP contribution is -2.12. The Bertz CT molecular complexity index is 345. The summed E-state index contributed by atoms with van der Waals surface area (Å²) in [7, 11) is 3.84. The summed E-state index contributed by atoms with van der Waals surface area (Å²) in [6, 6.07) is 5.72. The molecule has 1 aromatic rings. The van der Waals surface area contributed by atoms with Crippen molar-refractivity contribution < 1.29 is 9.53 Å². The maximum Gasteiger partial charge on any atom is 0.308 e. The van der Waals surface area contributed by atoms with Gasteiger partial charge in [-0.15, -0.1) is 0 Å². The largest absolute Gasteiger partial charge is 0.425 e. The fourth-order valence-corrected chi connectivity index (χ4v) is 1.22. The molecule has 0 aliphatic rings. The van der Waals surface area contributed by atoms with Gasteiger partial charge in [-0.3, -0.25) is 4.79 Å². The van der Waals surface area contributed by atoms with Gasteiger partial charge in [-0.2, -0.15) is 0 Å². The summed E-state index contributed by atoms with van der Waals surface area (Å²) >= 11 is 0. The highest BCUT2D eigenvalue weighted by Crippen LogP contribution is 2.27. The van der Waals surface area contributed by atoms with Crippen molar-refractivity contribution in [1.29, 1.82) is 0 Å². The third kappa shape index (κ3) is 2.49. The number of anilines is 1. The van der Waals surface area contributed by atoms with Crippen LogP contribution in [0.3, 0.4) is 0 Å². The van der Waals surface area contributed by atoms with Crippen LogP contribution in [0.4, 0.5) is 5.69 Å². The van der Waals surface area contributed by atoms with Crippen LogP contribution in [-0.2, 0) is 4.79 Å². The lowest BCUT2D eigenvalue weighted by atomic mass is 10.2. The summed E-state index contributed by atoms with van der Waals surface area (Å²) < 4.78 is 5.08. The van der Waals surface area contributed by atoms with Crippen LogP contribution in [-0.4, -0.2) is 20.1 Å². The lowest BCUT2D eigenvalue weighted by molar-refractivity contribution is -0.131. The standard InChI is InChI=1S/C11H15NO2/c1-8-5-6-11(14-9(2)13)10(7-8)12(3)4/h5-7H,1-4H3. The van der Waals surface area contributed by atoms with Gasteiger partial charge in [0.1, 0.15) is 0 Å². The molecule has 0 bridgehead atoms. The highest BCUT2D eigenvalue weighted by molar-refractivity contribution is 5.73. The van der Waals surface area contributed by atoms with Crippen molar-refractivity contribution in [3.8, 4) is 5.75 Å². The van der Waals surface area contributed by atoms with Crippen LogP contribution in [0, 0.1) is 6.92 Å². The maximum absolute atomic E-state index is 10.8. The molecule has 0 saturated carbocycles. The molecule has 0 aromatic heterocycles. The molecule has 1 rings (SSSR count). The number of nitrogens with zero attached hydrogens (tertiary/aromatic N) is 1. The summed E-state index contributed by atoms with van der Waals surface area (Å²) in [5.74, 6) is 0.310. The summed E-state index contributed by atoms with van der Waals surface area (Å²) in [5.41, 5.74) is 2.06. The Kier molecular flexibility index (Phi) is 3.12. The topological polar surface area (TPSA) is 29.5 Å². The van der Waals surface area contributed by atoms with Gasteiger partial charge in [0.2, 0.25) is 0 Å². The molecule has 0 aliphatic carbocycles. The molecule has 0 unspecified atom stereocenters. The van der Waals surface area contributed by atoms with E-state index in [1.54, 1.807) is 0 Å². The van der Waals surface area contributed by atoms with Crippen LogP contribution in [0.15, 0.2) is 18.2 Å². The molecule has 0 atom stereocenters. The molecule has 1 aromatic carbocycles. The number of ether oxygens (including phenoxy) is 1. The Balaban J connectivity index is 3.08. The van der Waals surface area contributed by atoms with Gasteiger partial charge in [0.15, 0.2) is 5.75 Å². The minimum atomic E-state index is -0.294. The van der Waals surface area contributed by atoms with E-state index in [2.05, 4.69) is 0 Å². The number of carbonyl (C=O) groups excluding carboxylic acids is 1. The van der Waals surface area contributed by atoms with Crippen molar-refractivity contribution in [3.05, 3.63) is 23.8 Å². The first-order valence-electron chi connectivity index (χ1n) is 4.47. The second-order valence-electron chi connectivity index (χ2n) is 3.46. The Labute approximate surface area is 84.3 Å². The molecule has 0 heterocycles. The third-order valence-electron chi connectivity index (χ3n) is 1.85. The second kappa shape index (κ2) is 4.13. The number of aryl methyl sites for hydroxylation is 1. The average molecular weight is 193 g/mol. The van der Waals surface area contributed by atoms with Gasteiger partial charge in [-0.1, -0.05) is 6.07 Å². The molecule has 0 aliphatic heterocycles. The first-order valence-corrected chi connectivity index (χ1v) is 4.47. The van der Waals surface area contributed by atoms with Crippen molar-refractivity contribution in [3.63, 3.8) is 0 Å². The molecule has 0 saturated heterocycles. The third-order valence-corrected chi connectivity index (χ3v) is 1.85. The van der Waals surface area contributed by atoms with Crippen molar-refractivity contribution in [2.24, 2.45) is 0 Å². The number of rotatable bonds is 2. The van der Waals surface area contributed by atoms with Crippen molar-refractivity contribution in [2.75, 3.05) is 19.0 Å². The van der Waals surface area contributed by atoms with E-state index in [1.165, 1.54) is 6.92 Å². The smallest absolute Gasteiger partial charge is 0.308 e. The van der Waals surface area contributed by atoms with Crippen LogP contribution in [0.2, 0.25) is 0 Å². The molecule has 0 radical (unpaired) electrons. The first-order chi connectivity index (χ1) is 6.50. The summed E-state index contributed by atoms with van der Waals surface area (Å²) in [6.07, 6.45) is 0. The highest BCUT2D eigenvalue weighted by Gasteiger charge is 2.07. The molecule has 3 heteroatoms. The minimum absolute atomic E-state index is 0.294. The van der Waals surface area contributed by atoms with Crippen LogP contribution in [0.25, 0.3) is 0 Å². The zero-order chi connectivity index (χ0) is 10.7. The molecule has 0 spiro atoms. The number of esters is 1. The van der Waals surface area contributed by atoms with E-state index in [1.807, 2.05) is 44.1 Å². The molecular formula is C11H15NO2. The number of benzene rings is 1. The van der Waals surface area contributed by atoms with Gasteiger partial charge in [0.05, 0.1) is 5.69 Å². The summed E-state index contributed by atoms with van der Waals surface area (Å²) in [4.78, 5) is 12.8. The van der Waals surface area contributed by atoms with E-state index in [0.29, 0.717) is 5.75 Å². The van der Waals surface area contributed by atoms with E-state index < -0.39 is 0 Å². The molecule has 76 valence electrons. The average Bonchev–Trinajstić information content (AvgIpc) is 2.07. The van der Waals surface area contributed by atoms with Gasteiger partial charge >= 0.3 is 5.97 Å². The SMILES string of the molecule is CC(=O)Oc1ccc(C)cc1N(C)C. The number of carbonyl (C=O) groups is 1. The van der Waals surface area contributed by atoms with Crippen molar-refractivity contribution >= 4 is 11.7 Å². The lowest BCUT2D eigenvalue weighted by Gasteiger charge is -2.17. The summed E-state index contributed by atoms with van der Waals surface area (Å²) in [5, 5.41) is 0. The Hall–Kier alpha value is -1.51.